The van der Waals surface area contributed by atoms with Crippen LogP contribution in [-0.2, 0) is 0 Å². The molecule has 0 aliphatic carbocycles. The largest absolute Gasteiger partial charge is 0.510 e. The predicted molar refractivity (Wildman–Crippen MR) is 86.6 cm³/mol. The first-order valence-electron chi connectivity index (χ1n) is 6.37. The Kier molecular flexibility index (Phi) is 4.09. The second kappa shape index (κ2) is 6.17. The van der Waals surface area contributed by atoms with Crippen molar-refractivity contribution >= 4 is 39.7 Å². The zero-order valence-electron chi connectivity index (χ0n) is 11.6. The number of para-hydroxylation sites is 2. The van der Waals surface area contributed by atoms with Crippen LogP contribution < -0.4 is 0 Å². The van der Waals surface area contributed by atoms with E-state index in [1.807, 2.05) is 37.3 Å². The minimum Gasteiger partial charge on any atom is -0.510 e. The van der Waals surface area contributed by atoms with Gasteiger partial charge in [0.25, 0.3) is 0 Å². The highest BCUT2D eigenvalue weighted by molar-refractivity contribution is 8.01. The topological polar surface area (TPSA) is 98.5 Å². The Morgan fingerprint density at radius 2 is 2.23 bits per heavy atom. The van der Waals surface area contributed by atoms with Crippen LogP contribution in [0.2, 0.25) is 0 Å². The van der Waals surface area contributed by atoms with Crippen LogP contribution in [0.25, 0.3) is 16.6 Å². The summed E-state index contributed by atoms with van der Waals surface area (Å²) in [5.74, 6) is 0.587. The Morgan fingerprint density at radius 3 is 2.91 bits per heavy atom. The highest BCUT2D eigenvalue weighted by atomic mass is 32.2. The molecule has 2 heterocycles. The van der Waals surface area contributed by atoms with Gasteiger partial charge in [-0.25, -0.2) is 4.98 Å². The molecule has 110 valence electrons. The number of thioether (sulfide) groups is 1. The second-order valence-electron chi connectivity index (χ2n) is 4.41. The smallest absolute Gasteiger partial charge is 0.174 e. The number of aromatic nitrogens is 4. The van der Waals surface area contributed by atoms with E-state index in [1.165, 1.54) is 23.1 Å². The third-order valence-corrected chi connectivity index (χ3v) is 4.85. The minimum atomic E-state index is -0.0283. The Labute approximate surface area is 134 Å². The Balaban J connectivity index is 1.86. The van der Waals surface area contributed by atoms with Gasteiger partial charge in [0.2, 0.25) is 0 Å². The fourth-order valence-corrected chi connectivity index (χ4v) is 3.56. The van der Waals surface area contributed by atoms with E-state index >= 15 is 0 Å². The van der Waals surface area contributed by atoms with Crippen molar-refractivity contribution in [3.8, 4) is 6.07 Å². The third kappa shape index (κ3) is 2.95. The van der Waals surface area contributed by atoms with Gasteiger partial charge in [-0.3, -0.25) is 0 Å². The number of aromatic amines is 1. The zero-order valence-corrected chi connectivity index (χ0v) is 13.2. The molecule has 0 radical (unpaired) electrons. The van der Waals surface area contributed by atoms with E-state index < -0.39 is 0 Å². The molecule has 1 aromatic carbocycles. The Hall–Kier alpha value is -2.37. The summed E-state index contributed by atoms with van der Waals surface area (Å²) in [7, 11) is 0. The fourth-order valence-electron chi connectivity index (χ4n) is 1.86. The first kappa shape index (κ1) is 14.6. The van der Waals surface area contributed by atoms with Gasteiger partial charge in [0.1, 0.15) is 22.4 Å². The number of nitrogens with zero attached hydrogens (tertiary/aromatic N) is 4. The number of hydrogen-bond donors (Lipinski definition) is 2. The molecule has 0 unspecified atom stereocenters. The lowest BCUT2D eigenvalue weighted by atomic mass is 10.2. The van der Waals surface area contributed by atoms with Crippen LogP contribution in [-0.4, -0.2) is 31.0 Å². The van der Waals surface area contributed by atoms with E-state index in [2.05, 4.69) is 20.2 Å². The number of hydrogen-bond acceptors (Lipinski definition) is 7. The van der Waals surface area contributed by atoms with Gasteiger partial charge in [0.05, 0.1) is 16.8 Å². The second-order valence-corrected chi connectivity index (χ2v) is 6.82. The van der Waals surface area contributed by atoms with Gasteiger partial charge in [0, 0.05) is 0 Å². The molecular formula is C14H11N5OS2. The summed E-state index contributed by atoms with van der Waals surface area (Å²) in [4.78, 5) is 7.38. The standard InChI is InChI=1S/C14H11N5OS2/c1-8-18-19-14(22-8)21-7-12(20)9(6-15)13-16-10-4-2-3-5-11(10)17-13/h2-5,20H,7H2,1H3,(H,16,17). The summed E-state index contributed by atoms with van der Waals surface area (Å²) in [5, 5.41) is 28.3. The molecule has 0 bridgehead atoms. The van der Waals surface area contributed by atoms with Crippen molar-refractivity contribution in [1.29, 1.82) is 5.26 Å². The molecule has 3 aromatic rings. The number of nitrogens with one attached hydrogen (secondary N) is 1. The van der Waals surface area contributed by atoms with Crippen molar-refractivity contribution in [2.75, 3.05) is 5.75 Å². The summed E-state index contributed by atoms with van der Waals surface area (Å²) in [6.07, 6.45) is 0. The molecule has 0 amide bonds. The molecule has 0 saturated carbocycles. The SMILES string of the molecule is Cc1nnc(SCC(O)=C(C#N)c2nc3ccccc3[nH]2)s1. The molecule has 0 atom stereocenters. The van der Waals surface area contributed by atoms with E-state index in [9.17, 15) is 10.4 Å². The molecule has 2 aromatic heterocycles. The minimum absolute atomic E-state index is 0.0283. The molecule has 6 nitrogen and oxygen atoms in total. The van der Waals surface area contributed by atoms with E-state index in [-0.39, 0.29) is 17.1 Å². The number of aliphatic hydroxyl groups is 1. The van der Waals surface area contributed by atoms with E-state index in [0.29, 0.717) is 5.82 Å². The van der Waals surface area contributed by atoms with Crippen molar-refractivity contribution in [2.24, 2.45) is 0 Å². The maximum absolute atomic E-state index is 10.2. The third-order valence-electron chi connectivity index (χ3n) is 2.87. The molecule has 0 saturated heterocycles. The van der Waals surface area contributed by atoms with Crippen molar-refractivity contribution in [3.63, 3.8) is 0 Å². The average Bonchev–Trinajstić information content (AvgIpc) is 3.11. The molecule has 0 aliphatic rings. The number of nitriles is 1. The number of H-pyrrole nitrogens is 1. The first-order chi connectivity index (χ1) is 10.7. The number of rotatable bonds is 4. The van der Waals surface area contributed by atoms with Crippen LogP contribution >= 0.6 is 23.1 Å². The van der Waals surface area contributed by atoms with Gasteiger partial charge in [-0.2, -0.15) is 5.26 Å². The number of allylic oxidation sites excluding steroid dienone is 1. The van der Waals surface area contributed by atoms with Crippen LogP contribution in [0.4, 0.5) is 0 Å². The maximum atomic E-state index is 10.2. The van der Waals surface area contributed by atoms with Gasteiger partial charge in [-0.15, -0.1) is 10.2 Å². The summed E-state index contributed by atoms with van der Waals surface area (Å²) >= 11 is 2.79. The van der Waals surface area contributed by atoms with Crippen LogP contribution in [0.5, 0.6) is 0 Å². The van der Waals surface area contributed by atoms with Crippen molar-refractivity contribution < 1.29 is 5.11 Å². The monoisotopic (exact) mass is 329 g/mol. The van der Waals surface area contributed by atoms with Crippen molar-refractivity contribution in [1.82, 2.24) is 20.2 Å². The lowest BCUT2D eigenvalue weighted by Crippen LogP contribution is -1.95. The summed E-state index contributed by atoms with van der Waals surface area (Å²) in [5.41, 5.74) is 1.72. The number of aryl methyl sites for hydroxylation is 1. The van der Waals surface area contributed by atoms with E-state index in [4.69, 9.17) is 0 Å². The molecule has 0 aliphatic heterocycles. The zero-order chi connectivity index (χ0) is 15.5. The van der Waals surface area contributed by atoms with Crippen LogP contribution in [0.3, 0.4) is 0 Å². The highest BCUT2D eigenvalue weighted by Crippen LogP contribution is 2.26. The molecule has 22 heavy (non-hydrogen) atoms. The van der Waals surface area contributed by atoms with Gasteiger partial charge < -0.3 is 10.1 Å². The van der Waals surface area contributed by atoms with Crippen molar-refractivity contribution in [3.05, 3.63) is 40.9 Å². The van der Waals surface area contributed by atoms with E-state index in [0.717, 1.165) is 20.4 Å². The molecule has 3 rings (SSSR count). The van der Waals surface area contributed by atoms with Crippen LogP contribution in [0.1, 0.15) is 10.8 Å². The first-order valence-corrected chi connectivity index (χ1v) is 8.18. The maximum Gasteiger partial charge on any atom is 0.174 e. The molecule has 8 heteroatoms. The number of aliphatic hydroxyl groups excluding tert-OH is 1. The Morgan fingerprint density at radius 1 is 1.41 bits per heavy atom. The molecular weight excluding hydrogens is 318 g/mol. The van der Waals surface area contributed by atoms with Gasteiger partial charge in [-0.1, -0.05) is 35.2 Å². The van der Waals surface area contributed by atoms with Crippen molar-refractivity contribution in [2.45, 2.75) is 11.3 Å². The highest BCUT2D eigenvalue weighted by Gasteiger charge is 2.14. The lowest BCUT2D eigenvalue weighted by Gasteiger charge is -2.00. The fraction of sp³-hybridized carbons (Fsp3) is 0.143. The van der Waals surface area contributed by atoms with Gasteiger partial charge in [-0.05, 0) is 19.1 Å². The normalized spacial score (nSPS) is 12.2. The predicted octanol–water partition coefficient (Wildman–Crippen LogP) is 3.31. The van der Waals surface area contributed by atoms with Crippen LogP contribution in [0, 0.1) is 18.3 Å². The average molecular weight is 329 g/mol. The molecule has 0 spiro atoms. The molecule has 0 fully saturated rings. The lowest BCUT2D eigenvalue weighted by molar-refractivity contribution is 0.420. The van der Waals surface area contributed by atoms with E-state index in [1.54, 1.807) is 0 Å². The number of imidazole rings is 1. The number of fused-ring (bicyclic) bond motifs is 1. The summed E-state index contributed by atoms with van der Waals surface area (Å²) in [6, 6.07) is 9.48. The van der Waals surface area contributed by atoms with Crippen LogP contribution in [0.15, 0.2) is 34.4 Å². The molecule has 2 N–H and O–H groups in total. The van der Waals surface area contributed by atoms with Gasteiger partial charge in [0.15, 0.2) is 10.2 Å². The number of benzene rings is 1. The summed E-state index contributed by atoms with van der Waals surface area (Å²) < 4.78 is 0.756. The van der Waals surface area contributed by atoms with Gasteiger partial charge >= 0.3 is 0 Å². The Bertz CT molecular complexity index is 857. The quantitative estimate of drug-likeness (QED) is 0.433. The summed E-state index contributed by atoms with van der Waals surface area (Å²) in [6.45, 7) is 1.87.